The number of amides is 2. The number of hydrogen-bond donors (Lipinski definition) is 3. The van der Waals surface area contributed by atoms with Crippen LogP contribution in [0.25, 0.3) is 0 Å². The van der Waals surface area contributed by atoms with Crippen molar-refractivity contribution >= 4 is 17.5 Å². The SMILES string of the molecule is Cc1cn[nH]c1NC(=O)Nc1ccc(C#N)cc1. The number of nitrogens with zero attached hydrogens (tertiary/aromatic N) is 2. The van der Waals surface area contributed by atoms with Gasteiger partial charge in [0.2, 0.25) is 0 Å². The Labute approximate surface area is 104 Å². The van der Waals surface area contributed by atoms with Gasteiger partial charge >= 0.3 is 6.03 Å². The van der Waals surface area contributed by atoms with Crippen molar-refractivity contribution in [2.75, 3.05) is 10.6 Å². The van der Waals surface area contributed by atoms with Crippen molar-refractivity contribution in [3.05, 3.63) is 41.6 Å². The van der Waals surface area contributed by atoms with E-state index in [0.29, 0.717) is 17.1 Å². The molecule has 2 rings (SSSR count). The van der Waals surface area contributed by atoms with E-state index in [1.54, 1.807) is 30.5 Å². The fourth-order valence-corrected chi connectivity index (χ4v) is 1.38. The highest BCUT2D eigenvalue weighted by Gasteiger charge is 2.05. The summed E-state index contributed by atoms with van der Waals surface area (Å²) in [6.07, 6.45) is 1.62. The maximum Gasteiger partial charge on any atom is 0.324 e. The number of carbonyl (C=O) groups is 1. The van der Waals surface area contributed by atoms with Gasteiger partial charge in [-0.1, -0.05) is 0 Å². The summed E-state index contributed by atoms with van der Waals surface area (Å²) in [6, 6.07) is 8.24. The number of nitrogens with one attached hydrogen (secondary N) is 3. The molecule has 18 heavy (non-hydrogen) atoms. The zero-order valence-electron chi connectivity index (χ0n) is 9.69. The van der Waals surface area contributed by atoms with Crippen molar-refractivity contribution in [3.8, 4) is 6.07 Å². The van der Waals surface area contributed by atoms with Crippen LogP contribution in [0.15, 0.2) is 30.5 Å². The number of urea groups is 1. The largest absolute Gasteiger partial charge is 0.324 e. The van der Waals surface area contributed by atoms with Crippen LogP contribution in [0.2, 0.25) is 0 Å². The number of aryl methyl sites for hydroxylation is 1. The minimum absolute atomic E-state index is 0.368. The lowest BCUT2D eigenvalue weighted by atomic mass is 10.2. The zero-order valence-corrected chi connectivity index (χ0v) is 9.69. The number of nitriles is 1. The molecule has 0 fully saturated rings. The van der Waals surface area contributed by atoms with E-state index >= 15 is 0 Å². The molecule has 0 spiro atoms. The van der Waals surface area contributed by atoms with Crippen LogP contribution < -0.4 is 10.6 Å². The minimum Gasteiger partial charge on any atom is -0.308 e. The number of aromatic amines is 1. The first-order chi connectivity index (χ1) is 8.69. The van der Waals surface area contributed by atoms with Gasteiger partial charge < -0.3 is 5.32 Å². The highest BCUT2D eigenvalue weighted by Crippen LogP contribution is 2.11. The van der Waals surface area contributed by atoms with Crippen molar-refractivity contribution in [3.63, 3.8) is 0 Å². The van der Waals surface area contributed by atoms with Gasteiger partial charge in [0.05, 0.1) is 17.8 Å². The van der Waals surface area contributed by atoms with Gasteiger partial charge in [-0.3, -0.25) is 10.4 Å². The van der Waals surface area contributed by atoms with Crippen molar-refractivity contribution in [1.29, 1.82) is 5.26 Å². The Morgan fingerprint density at radius 2 is 2.06 bits per heavy atom. The van der Waals surface area contributed by atoms with E-state index in [1.807, 2.05) is 13.0 Å². The van der Waals surface area contributed by atoms with Crippen LogP contribution in [0.5, 0.6) is 0 Å². The molecule has 6 nitrogen and oxygen atoms in total. The van der Waals surface area contributed by atoms with Crippen LogP contribution in [0, 0.1) is 18.3 Å². The van der Waals surface area contributed by atoms with E-state index in [4.69, 9.17) is 5.26 Å². The number of H-pyrrole nitrogens is 1. The maximum atomic E-state index is 11.7. The van der Waals surface area contributed by atoms with Crippen molar-refractivity contribution in [2.45, 2.75) is 6.92 Å². The minimum atomic E-state index is -0.368. The highest BCUT2D eigenvalue weighted by atomic mass is 16.2. The molecule has 2 amide bonds. The van der Waals surface area contributed by atoms with Gasteiger partial charge in [0.15, 0.2) is 0 Å². The Morgan fingerprint density at radius 1 is 1.33 bits per heavy atom. The van der Waals surface area contributed by atoms with Gasteiger partial charge in [-0.05, 0) is 31.2 Å². The average molecular weight is 241 g/mol. The molecular weight excluding hydrogens is 230 g/mol. The first-order valence-electron chi connectivity index (χ1n) is 5.27. The lowest BCUT2D eigenvalue weighted by Crippen LogP contribution is -2.20. The number of rotatable bonds is 2. The highest BCUT2D eigenvalue weighted by molar-refractivity contribution is 5.99. The topological polar surface area (TPSA) is 93.6 Å². The van der Waals surface area contributed by atoms with Crippen LogP contribution in [0.1, 0.15) is 11.1 Å². The van der Waals surface area contributed by atoms with Crippen molar-refractivity contribution in [1.82, 2.24) is 10.2 Å². The number of benzene rings is 1. The second-order valence-electron chi connectivity index (χ2n) is 3.70. The quantitative estimate of drug-likeness (QED) is 0.752. The molecule has 1 aromatic heterocycles. The van der Waals surface area contributed by atoms with Gasteiger partial charge in [0.1, 0.15) is 5.82 Å². The molecule has 0 radical (unpaired) electrons. The first kappa shape index (κ1) is 11.7. The van der Waals surface area contributed by atoms with Crippen LogP contribution >= 0.6 is 0 Å². The van der Waals surface area contributed by atoms with Crippen LogP contribution in [0.4, 0.5) is 16.3 Å². The predicted octanol–water partition coefficient (Wildman–Crippen LogP) is 2.23. The summed E-state index contributed by atoms with van der Waals surface area (Å²) in [5.41, 5.74) is 2.01. The van der Waals surface area contributed by atoms with Crippen molar-refractivity contribution in [2.24, 2.45) is 0 Å². The maximum absolute atomic E-state index is 11.7. The summed E-state index contributed by atoms with van der Waals surface area (Å²) in [7, 11) is 0. The summed E-state index contributed by atoms with van der Waals surface area (Å²) >= 11 is 0. The van der Waals surface area contributed by atoms with E-state index in [1.165, 1.54) is 0 Å². The summed E-state index contributed by atoms with van der Waals surface area (Å²) in [5.74, 6) is 0.557. The molecular formula is C12H11N5O. The summed E-state index contributed by atoms with van der Waals surface area (Å²) < 4.78 is 0. The molecule has 0 aliphatic rings. The lowest BCUT2D eigenvalue weighted by Gasteiger charge is -2.06. The van der Waals surface area contributed by atoms with Crippen LogP contribution in [-0.4, -0.2) is 16.2 Å². The van der Waals surface area contributed by atoms with Gasteiger partial charge in [-0.2, -0.15) is 10.4 Å². The number of carbonyl (C=O) groups excluding carboxylic acids is 1. The smallest absolute Gasteiger partial charge is 0.308 e. The van der Waals surface area contributed by atoms with Crippen LogP contribution in [0.3, 0.4) is 0 Å². The monoisotopic (exact) mass is 241 g/mol. The molecule has 1 aromatic carbocycles. The van der Waals surface area contributed by atoms with Gasteiger partial charge in [-0.25, -0.2) is 4.79 Å². The molecule has 0 saturated carbocycles. The first-order valence-corrected chi connectivity index (χ1v) is 5.27. The molecule has 0 bridgehead atoms. The summed E-state index contributed by atoms with van der Waals surface area (Å²) in [6.45, 7) is 1.83. The van der Waals surface area contributed by atoms with E-state index in [9.17, 15) is 4.79 Å². The molecule has 0 aliphatic heterocycles. The molecule has 2 aromatic rings. The zero-order chi connectivity index (χ0) is 13.0. The Bertz CT molecular complexity index is 594. The molecule has 0 saturated heterocycles. The number of hydrogen-bond acceptors (Lipinski definition) is 3. The third kappa shape index (κ3) is 2.65. The second kappa shape index (κ2) is 5.01. The second-order valence-corrected chi connectivity index (χ2v) is 3.70. The Kier molecular flexibility index (Phi) is 3.25. The Balaban J connectivity index is 1.99. The van der Waals surface area contributed by atoms with E-state index in [0.717, 1.165) is 5.56 Å². The molecule has 0 unspecified atom stereocenters. The standard InChI is InChI=1S/C12H11N5O/c1-8-7-14-17-11(8)16-12(18)15-10-4-2-9(6-13)3-5-10/h2-5,7H,1H3,(H3,14,15,16,17,18). The summed E-state index contributed by atoms with van der Waals surface area (Å²) in [5, 5.41) is 20.4. The van der Waals surface area contributed by atoms with Crippen LogP contribution in [-0.2, 0) is 0 Å². The van der Waals surface area contributed by atoms with Gasteiger partial charge in [0, 0.05) is 11.3 Å². The number of anilines is 2. The molecule has 1 heterocycles. The fraction of sp³-hybridized carbons (Fsp3) is 0.0833. The molecule has 0 aliphatic carbocycles. The van der Waals surface area contributed by atoms with E-state index < -0.39 is 0 Å². The molecule has 3 N–H and O–H groups in total. The van der Waals surface area contributed by atoms with E-state index in [-0.39, 0.29) is 6.03 Å². The third-order valence-electron chi connectivity index (χ3n) is 2.34. The normalized spacial score (nSPS) is 9.56. The Morgan fingerprint density at radius 3 is 2.61 bits per heavy atom. The van der Waals surface area contributed by atoms with Crippen molar-refractivity contribution < 1.29 is 4.79 Å². The Hall–Kier alpha value is -2.81. The molecule has 90 valence electrons. The average Bonchev–Trinajstić information content (AvgIpc) is 2.76. The molecule has 6 heteroatoms. The summed E-state index contributed by atoms with van der Waals surface area (Å²) in [4.78, 5) is 11.7. The number of aromatic nitrogens is 2. The predicted molar refractivity (Wildman–Crippen MR) is 67.1 cm³/mol. The van der Waals surface area contributed by atoms with Gasteiger partial charge in [-0.15, -0.1) is 0 Å². The third-order valence-corrected chi connectivity index (χ3v) is 2.34. The van der Waals surface area contributed by atoms with Gasteiger partial charge in [0.25, 0.3) is 0 Å². The lowest BCUT2D eigenvalue weighted by molar-refractivity contribution is 0.262. The van der Waals surface area contributed by atoms with E-state index in [2.05, 4.69) is 20.8 Å². The fourth-order valence-electron chi connectivity index (χ4n) is 1.38. The molecule has 0 atom stereocenters.